The van der Waals surface area contributed by atoms with Crippen LogP contribution in [0.2, 0.25) is 0 Å². The number of hydrogen-bond donors (Lipinski definition) is 1. The third-order valence-electron chi connectivity index (χ3n) is 2.33. The van der Waals surface area contributed by atoms with Crippen molar-refractivity contribution in [3.8, 4) is 11.3 Å². The fourth-order valence-electron chi connectivity index (χ4n) is 1.62. The van der Waals surface area contributed by atoms with Gasteiger partial charge in [-0.15, -0.1) is 0 Å². The smallest absolute Gasteiger partial charge is 0.307 e. The molecule has 5 heteroatoms. The van der Waals surface area contributed by atoms with Crippen molar-refractivity contribution in [1.29, 1.82) is 0 Å². The lowest BCUT2D eigenvalue weighted by atomic mass is 10.1. The number of carboxylic acids is 1. The second-order valence-corrected chi connectivity index (χ2v) is 3.76. The zero-order valence-corrected chi connectivity index (χ0v) is 9.23. The minimum absolute atomic E-state index is 0.214. The van der Waals surface area contributed by atoms with Crippen molar-refractivity contribution in [3.63, 3.8) is 0 Å². The van der Waals surface area contributed by atoms with Crippen LogP contribution in [-0.4, -0.2) is 16.1 Å². The van der Waals surface area contributed by atoms with E-state index >= 15 is 0 Å². The van der Waals surface area contributed by atoms with Crippen molar-refractivity contribution in [2.45, 2.75) is 6.42 Å². The normalized spacial score (nSPS) is 10.3. The topological polar surface area (TPSA) is 50.2 Å². The average Bonchev–Trinajstić information content (AvgIpc) is 2.27. The maximum Gasteiger partial charge on any atom is 0.307 e. The molecule has 0 fully saturated rings. The summed E-state index contributed by atoms with van der Waals surface area (Å²) in [6.45, 7) is 0. The standard InChI is InChI=1S/C13H9F2NO2/c14-10-3-1-2-9(7-10)11-4-8(6-13(17)18)5-12(15)16-11/h1-5,7H,6H2,(H,17,18). The lowest BCUT2D eigenvalue weighted by molar-refractivity contribution is -0.136. The highest BCUT2D eigenvalue weighted by molar-refractivity contribution is 5.71. The highest BCUT2D eigenvalue weighted by Gasteiger charge is 2.08. The van der Waals surface area contributed by atoms with Gasteiger partial charge in [0.25, 0.3) is 0 Å². The van der Waals surface area contributed by atoms with Crippen molar-refractivity contribution < 1.29 is 18.7 Å². The Bertz CT molecular complexity index is 599. The second-order valence-electron chi connectivity index (χ2n) is 3.76. The Morgan fingerprint density at radius 2 is 2.00 bits per heavy atom. The molecule has 0 saturated carbocycles. The van der Waals surface area contributed by atoms with Gasteiger partial charge in [0.1, 0.15) is 5.82 Å². The van der Waals surface area contributed by atoms with Crippen LogP contribution in [0, 0.1) is 11.8 Å². The Labute approximate surface area is 102 Å². The molecule has 0 unspecified atom stereocenters. The number of halogens is 2. The molecule has 0 saturated heterocycles. The molecule has 3 nitrogen and oxygen atoms in total. The van der Waals surface area contributed by atoms with Crippen molar-refractivity contribution in [2.75, 3.05) is 0 Å². The number of pyridine rings is 1. The predicted molar refractivity (Wildman–Crippen MR) is 60.9 cm³/mol. The van der Waals surface area contributed by atoms with Crippen LogP contribution in [0.25, 0.3) is 11.3 Å². The van der Waals surface area contributed by atoms with E-state index in [2.05, 4.69) is 4.98 Å². The van der Waals surface area contributed by atoms with Gasteiger partial charge in [-0.3, -0.25) is 4.79 Å². The van der Waals surface area contributed by atoms with Gasteiger partial charge in [-0.05, 0) is 29.8 Å². The summed E-state index contributed by atoms with van der Waals surface area (Å²) in [7, 11) is 0. The first kappa shape index (κ1) is 12.2. The molecular formula is C13H9F2NO2. The van der Waals surface area contributed by atoms with Crippen LogP contribution in [-0.2, 0) is 11.2 Å². The van der Waals surface area contributed by atoms with Gasteiger partial charge in [-0.25, -0.2) is 9.37 Å². The Hall–Kier alpha value is -2.30. The van der Waals surface area contributed by atoms with E-state index in [1.807, 2.05) is 0 Å². The molecule has 0 aliphatic carbocycles. The molecule has 0 atom stereocenters. The molecule has 18 heavy (non-hydrogen) atoms. The van der Waals surface area contributed by atoms with Crippen LogP contribution in [0.4, 0.5) is 8.78 Å². The molecule has 1 aromatic heterocycles. The Balaban J connectivity index is 2.44. The van der Waals surface area contributed by atoms with E-state index in [4.69, 9.17) is 5.11 Å². The summed E-state index contributed by atoms with van der Waals surface area (Å²) in [5.41, 5.74) is 0.904. The fraction of sp³-hybridized carbons (Fsp3) is 0.0769. The maximum atomic E-state index is 13.3. The predicted octanol–water partition coefficient (Wildman–Crippen LogP) is 2.65. The first-order valence-electron chi connectivity index (χ1n) is 5.19. The molecule has 92 valence electrons. The van der Waals surface area contributed by atoms with E-state index in [1.165, 1.54) is 24.3 Å². The summed E-state index contributed by atoms with van der Waals surface area (Å²) in [4.78, 5) is 14.2. The number of hydrogen-bond acceptors (Lipinski definition) is 2. The number of benzene rings is 1. The number of aromatic nitrogens is 1. The quantitative estimate of drug-likeness (QED) is 0.851. The molecule has 0 aliphatic heterocycles. The largest absolute Gasteiger partial charge is 0.481 e. The van der Waals surface area contributed by atoms with Crippen LogP contribution < -0.4 is 0 Å². The van der Waals surface area contributed by atoms with Gasteiger partial charge in [0.05, 0.1) is 12.1 Å². The number of nitrogens with zero attached hydrogens (tertiary/aromatic N) is 1. The van der Waals surface area contributed by atoms with E-state index < -0.39 is 17.7 Å². The summed E-state index contributed by atoms with van der Waals surface area (Å²) in [6.07, 6.45) is -0.304. The molecule has 1 N–H and O–H groups in total. The molecule has 1 heterocycles. The molecule has 2 rings (SSSR count). The van der Waals surface area contributed by atoms with E-state index in [0.717, 1.165) is 6.07 Å². The van der Waals surface area contributed by atoms with Crippen LogP contribution in [0.5, 0.6) is 0 Å². The van der Waals surface area contributed by atoms with Crippen molar-refractivity contribution >= 4 is 5.97 Å². The maximum absolute atomic E-state index is 13.3. The van der Waals surface area contributed by atoms with Gasteiger partial charge in [-0.2, -0.15) is 4.39 Å². The lowest BCUT2D eigenvalue weighted by Gasteiger charge is -2.04. The minimum atomic E-state index is -1.06. The zero-order valence-electron chi connectivity index (χ0n) is 9.23. The second kappa shape index (κ2) is 4.91. The molecule has 0 amide bonds. The summed E-state index contributed by atoms with van der Waals surface area (Å²) in [5, 5.41) is 8.66. The van der Waals surface area contributed by atoms with E-state index in [1.54, 1.807) is 6.07 Å². The van der Waals surface area contributed by atoms with Crippen molar-refractivity contribution in [2.24, 2.45) is 0 Å². The summed E-state index contributed by atoms with van der Waals surface area (Å²) < 4.78 is 26.3. The number of carboxylic acid groups (broad SMARTS) is 1. The summed E-state index contributed by atoms with van der Waals surface area (Å²) in [5.74, 6) is -2.31. The summed E-state index contributed by atoms with van der Waals surface area (Å²) in [6, 6.07) is 8.03. The third-order valence-corrected chi connectivity index (χ3v) is 2.33. The Morgan fingerprint density at radius 1 is 1.22 bits per heavy atom. The highest BCUT2D eigenvalue weighted by atomic mass is 19.1. The first-order valence-corrected chi connectivity index (χ1v) is 5.19. The van der Waals surface area contributed by atoms with Crippen LogP contribution >= 0.6 is 0 Å². The van der Waals surface area contributed by atoms with Gasteiger partial charge in [0, 0.05) is 5.56 Å². The average molecular weight is 249 g/mol. The highest BCUT2D eigenvalue weighted by Crippen LogP contribution is 2.20. The molecule has 1 aromatic carbocycles. The first-order chi connectivity index (χ1) is 8.54. The van der Waals surface area contributed by atoms with Gasteiger partial charge >= 0.3 is 5.97 Å². The molecule has 0 aliphatic rings. The fourth-order valence-corrected chi connectivity index (χ4v) is 1.62. The van der Waals surface area contributed by atoms with Crippen molar-refractivity contribution in [3.05, 3.63) is 53.7 Å². The van der Waals surface area contributed by atoms with Crippen LogP contribution in [0.3, 0.4) is 0 Å². The van der Waals surface area contributed by atoms with E-state index in [9.17, 15) is 13.6 Å². The van der Waals surface area contributed by atoms with Gasteiger partial charge in [0.2, 0.25) is 5.95 Å². The van der Waals surface area contributed by atoms with Gasteiger partial charge < -0.3 is 5.11 Å². The third kappa shape index (κ3) is 2.88. The molecule has 0 bridgehead atoms. The zero-order chi connectivity index (χ0) is 13.1. The Morgan fingerprint density at radius 3 is 2.67 bits per heavy atom. The minimum Gasteiger partial charge on any atom is -0.481 e. The number of aliphatic carboxylic acids is 1. The SMILES string of the molecule is O=C(O)Cc1cc(F)nc(-c2cccc(F)c2)c1. The van der Waals surface area contributed by atoms with Gasteiger partial charge in [0.15, 0.2) is 0 Å². The molecule has 2 aromatic rings. The number of carbonyl (C=O) groups is 1. The van der Waals surface area contributed by atoms with E-state index in [-0.39, 0.29) is 17.7 Å². The molecular weight excluding hydrogens is 240 g/mol. The Kier molecular flexibility index (Phi) is 3.32. The van der Waals surface area contributed by atoms with Crippen molar-refractivity contribution in [1.82, 2.24) is 4.98 Å². The molecule has 0 spiro atoms. The summed E-state index contributed by atoms with van der Waals surface area (Å²) >= 11 is 0. The number of rotatable bonds is 3. The molecule has 0 radical (unpaired) electrons. The lowest BCUT2D eigenvalue weighted by Crippen LogP contribution is -2.02. The monoisotopic (exact) mass is 249 g/mol. The van der Waals surface area contributed by atoms with Gasteiger partial charge in [-0.1, -0.05) is 12.1 Å². The van der Waals surface area contributed by atoms with Crippen LogP contribution in [0.1, 0.15) is 5.56 Å². The van der Waals surface area contributed by atoms with Crippen LogP contribution in [0.15, 0.2) is 36.4 Å². The van der Waals surface area contributed by atoms with E-state index in [0.29, 0.717) is 5.56 Å².